The molecular weight excluding hydrogens is 370 g/mol. The van der Waals surface area contributed by atoms with Crippen LogP contribution in [0.2, 0.25) is 0 Å². The highest BCUT2D eigenvalue weighted by atomic mass is 16.5. The topological polar surface area (TPSA) is 93.5 Å². The Morgan fingerprint density at radius 3 is 2.31 bits per heavy atom. The Hall–Kier alpha value is -3.61. The summed E-state index contributed by atoms with van der Waals surface area (Å²) in [5.74, 6) is -1.26. The van der Waals surface area contributed by atoms with Gasteiger partial charge in [0, 0.05) is 24.2 Å². The number of carbonyl (C=O) groups is 2. The van der Waals surface area contributed by atoms with Gasteiger partial charge >= 0.3 is 12.1 Å². The molecule has 2 aromatic carbocycles. The van der Waals surface area contributed by atoms with Crippen LogP contribution in [0.1, 0.15) is 35.6 Å². The van der Waals surface area contributed by atoms with Crippen molar-refractivity contribution in [2.45, 2.75) is 25.4 Å². The first-order chi connectivity index (χ1) is 14.1. The van der Waals surface area contributed by atoms with Crippen molar-refractivity contribution in [1.82, 2.24) is 15.1 Å². The van der Waals surface area contributed by atoms with Crippen LogP contribution in [0.5, 0.6) is 0 Å². The molecule has 1 atom stereocenters. The quantitative estimate of drug-likeness (QED) is 0.670. The first kappa shape index (κ1) is 18.7. The van der Waals surface area contributed by atoms with E-state index < -0.39 is 18.1 Å². The van der Waals surface area contributed by atoms with Gasteiger partial charge in [0.05, 0.1) is 6.20 Å². The number of carboxylic acids is 1. The number of nitrogens with one attached hydrogen (secondary N) is 1. The fraction of sp³-hybridized carbons (Fsp3) is 0.227. The number of aryl methyl sites for hydroxylation is 1. The third-order valence-electron chi connectivity index (χ3n) is 5.16. The van der Waals surface area contributed by atoms with Gasteiger partial charge in [-0.25, -0.2) is 9.59 Å². The molecule has 2 N–H and O–H groups in total. The van der Waals surface area contributed by atoms with E-state index in [9.17, 15) is 14.7 Å². The summed E-state index contributed by atoms with van der Waals surface area (Å²) in [5, 5.41) is 16.0. The van der Waals surface area contributed by atoms with E-state index >= 15 is 0 Å². The smallest absolute Gasteiger partial charge is 0.408 e. The molecule has 7 nitrogen and oxygen atoms in total. The monoisotopic (exact) mass is 391 g/mol. The molecule has 0 fully saturated rings. The summed E-state index contributed by atoms with van der Waals surface area (Å²) >= 11 is 0. The van der Waals surface area contributed by atoms with Gasteiger partial charge in [0.2, 0.25) is 0 Å². The number of ether oxygens (including phenoxy) is 1. The van der Waals surface area contributed by atoms with E-state index in [0.29, 0.717) is 12.1 Å². The molecule has 1 amide bonds. The molecule has 1 aliphatic carbocycles. The van der Waals surface area contributed by atoms with Gasteiger partial charge in [-0.05, 0) is 29.2 Å². The Morgan fingerprint density at radius 2 is 1.76 bits per heavy atom. The van der Waals surface area contributed by atoms with Crippen LogP contribution in [0.15, 0.2) is 60.9 Å². The SMILES string of the molecule is CCn1cc(C(NC(=O)OCC2c3ccccc3-c3ccccc32)C(=O)O)cn1. The number of hydrogen-bond donors (Lipinski definition) is 2. The van der Waals surface area contributed by atoms with Crippen molar-refractivity contribution in [2.75, 3.05) is 6.61 Å². The maximum atomic E-state index is 12.4. The molecule has 0 saturated carbocycles. The van der Waals surface area contributed by atoms with Crippen LogP contribution < -0.4 is 5.32 Å². The highest BCUT2D eigenvalue weighted by Crippen LogP contribution is 2.44. The summed E-state index contributed by atoms with van der Waals surface area (Å²) in [7, 11) is 0. The Balaban J connectivity index is 1.47. The standard InChI is InChI=1S/C22H21N3O4/c1-2-25-12-14(11-23-25)20(21(26)27)24-22(28)29-13-19-17-9-5-3-7-15(17)16-8-4-6-10-18(16)19/h3-12,19-20H,2,13H2,1H3,(H,24,28)(H,26,27). The Bertz CT molecular complexity index is 1010. The zero-order valence-electron chi connectivity index (χ0n) is 15.9. The van der Waals surface area contributed by atoms with E-state index in [1.165, 1.54) is 6.20 Å². The first-order valence-electron chi connectivity index (χ1n) is 9.45. The summed E-state index contributed by atoms with van der Waals surface area (Å²) in [6.45, 7) is 2.63. The fourth-order valence-corrected chi connectivity index (χ4v) is 3.75. The Morgan fingerprint density at radius 1 is 1.14 bits per heavy atom. The molecule has 0 saturated heterocycles. The number of aliphatic carboxylic acids is 1. The predicted octanol–water partition coefficient (Wildman–Crippen LogP) is 3.57. The van der Waals surface area contributed by atoms with Crippen molar-refractivity contribution in [3.8, 4) is 11.1 Å². The normalized spacial score (nSPS) is 13.4. The second-order valence-corrected chi connectivity index (χ2v) is 6.87. The average molecular weight is 391 g/mol. The molecule has 1 aliphatic rings. The van der Waals surface area contributed by atoms with Gasteiger partial charge in [-0.15, -0.1) is 0 Å². The molecule has 7 heteroatoms. The number of aromatic nitrogens is 2. The number of alkyl carbamates (subject to hydrolysis) is 1. The summed E-state index contributed by atoms with van der Waals surface area (Å²) in [6, 6.07) is 14.8. The lowest BCUT2D eigenvalue weighted by Crippen LogP contribution is -2.34. The molecular formula is C22H21N3O4. The number of fused-ring (bicyclic) bond motifs is 3. The minimum Gasteiger partial charge on any atom is -0.479 e. The Labute approximate surface area is 167 Å². The maximum Gasteiger partial charge on any atom is 0.408 e. The molecule has 29 heavy (non-hydrogen) atoms. The van der Waals surface area contributed by atoms with Crippen LogP contribution in [0.4, 0.5) is 4.79 Å². The molecule has 1 aromatic heterocycles. The van der Waals surface area contributed by atoms with Crippen LogP contribution in [0.3, 0.4) is 0 Å². The molecule has 148 valence electrons. The largest absolute Gasteiger partial charge is 0.479 e. The van der Waals surface area contributed by atoms with E-state index in [1.807, 2.05) is 43.3 Å². The van der Waals surface area contributed by atoms with E-state index in [2.05, 4.69) is 22.5 Å². The van der Waals surface area contributed by atoms with Crippen LogP contribution >= 0.6 is 0 Å². The van der Waals surface area contributed by atoms with Crippen molar-refractivity contribution in [3.63, 3.8) is 0 Å². The minimum absolute atomic E-state index is 0.0840. The Kier molecular flexibility index (Phi) is 5.03. The van der Waals surface area contributed by atoms with Gasteiger partial charge in [-0.2, -0.15) is 5.10 Å². The van der Waals surface area contributed by atoms with Gasteiger partial charge in [-0.3, -0.25) is 4.68 Å². The number of rotatable bonds is 6. The molecule has 0 aliphatic heterocycles. The summed E-state index contributed by atoms with van der Waals surface area (Å²) in [6.07, 6.45) is 2.26. The van der Waals surface area contributed by atoms with Gasteiger partial charge in [0.1, 0.15) is 6.61 Å². The average Bonchev–Trinajstić information content (AvgIpc) is 3.33. The van der Waals surface area contributed by atoms with Crippen molar-refractivity contribution < 1.29 is 19.4 Å². The summed E-state index contributed by atoms with van der Waals surface area (Å²) in [4.78, 5) is 24.0. The van der Waals surface area contributed by atoms with Gasteiger partial charge in [-0.1, -0.05) is 48.5 Å². The van der Waals surface area contributed by atoms with E-state index in [1.54, 1.807) is 10.9 Å². The van der Waals surface area contributed by atoms with Crippen LogP contribution in [-0.2, 0) is 16.1 Å². The highest BCUT2D eigenvalue weighted by molar-refractivity contribution is 5.82. The molecule has 1 unspecified atom stereocenters. The molecule has 3 aromatic rings. The molecule has 1 heterocycles. The fourth-order valence-electron chi connectivity index (χ4n) is 3.75. The maximum absolute atomic E-state index is 12.4. The summed E-state index contributed by atoms with van der Waals surface area (Å²) in [5.41, 5.74) is 4.86. The molecule has 4 rings (SSSR count). The number of amides is 1. The van der Waals surface area contributed by atoms with E-state index in [-0.39, 0.29) is 12.5 Å². The van der Waals surface area contributed by atoms with Gasteiger partial charge in [0.25, 0.3) is 0 Å². The lowest BCUT2D eigenvalue weighted by atomic mass is 9.98. The second kappa shape index (κ2) is 7.79. The first-order valence-corrected chi connectivity index (χ1v) is 9.45. The molecule has 0 bridgehead atoms. The van der Waals surface area contributed by atoms with Crippen LogP contribution in [0.25, 0.3) is 11.1 Å². The zero-order chi connectivity index (χ0) is 20.4. The number of carboxylic acid groups (broad SMARTS) is 1. The van der Waals surface area contributed by atoms with Gasteiger partial charge < -0.3 is 15.2 Å². The minimum atomic E-state index is -1.22. The third kappa shape index (κ3) is 3.59. The van der Waals surface area contributed by atoms with Crippen molar-refractivity contribution >= 4 is 12.1 Å². The van der Waals surface area contributed by atoms with Gasteiger partial charge in [0.15, 0.2) is 6.04 Å². The third-order valence-corrected chi connectivity index (χ3v) is 5.16. The van der Waals surface area contributed by atoms with E-state index in [0.717, 1.165) is 22.3 Å². The molecule has 0 spiro atoms. The predicted molar refractivity (Wildman–Crippen MR) is 106 cm³/mol. The van der Waals surface area contributed by atoms with Crippen molar-refractivity contribution in [3.05, 3.63) is 77.6 Å². The van der Waals surface area contributed by atoms with Crippen LogP contribution in [-0.4, -0.2) is 33.6 Å². The van der Waals surface area contributed by atoms with Crippen LogP contribution in [0, 0.1) is 0 Å². The highest BCUT2D eigenvalue weighted by Gasteiger charge is 2.30. The number of hydrogen-bond acceptors (Lipinski definition) is 4. The number of benzene rings is 2. The lowest BCUT2D eigenvalue weighted by molar-refractivity contribution is -0.139. The molecule has 0 radical (unpaired) electrons. The number of carbonyl (C=O) groups excluding carboxylic acids is 1. The zero-order valence-corrected chi connectivity index (χ0v) is 15.9. The van der Waals surface area contributed by atoms with E-state index in [4.69, 9.17) is 4.74 Å². The number of nitrogens with zero attached hydrogens (tertiary/aromatic N) is 2. The lowest BCUT2D eigenvalue weighted by Gasteiger charge is -2.17. The summed E-state index contributed by atoms with van der Waals surface area (Å²) < 4.78 is 7.04. The second-order valence-electron chi connectivity index (χ2n) is 6.87. The van der Waals surface area contributed by atoms with Crippen molar-refractivity contribution in [2.24, 2.45) is 0 Å². The van der Waals surface area contributed by atoms with Crippen molar-refractivity contribution in [1.29, 1.82) is 0 Å².